The standard InChI is InChI=1S/C23H24N6O4S/c1-15-10-11-18(14-19(15)22(30)24-20-12-13-27(3)25-20)34(32,33)26-21-16(2)28(4)29(23(21)31)17-8-6-5-7-9-17/h5-14,26H,1-4H3,(H,24,25,30). The van der Waals surface area contributed by atoms with Gasteiger partial charge in [0.15, 0.2) is 5.82 Å². The lowest BCUT2D eigenvalue weighted by Gasteiger charge is -2.11. The van der Waals surface area contributed by atoms with Crippen molar-refractivity contribution in [3.8, 4) is 5.69 Å². The third-order valence-electron chi connectivity index (χ3n) is 5.51. The van der Waals surface area contributed by atoms with Gasteiger partial charge >= 0.3 is 0 Å². The molecule has 0 saturated heterocycles. The minimum absolute atomic E-state index is 0.0635. The zero-order valence-electron chi connectivity index (χ0n) is 19.1. The van der Waals surface area contributed by atoms with Gasteiger partial charge in [0.05, 0.1) is 16.3 Å². The Bertz CT molecular complexity index is 1550. The molecule has 1 amide bonds. The molecular formula is C23H24N6O4S. The summed E-state index contributed by atoms with van der Waals surface area (Å²) in [5.41, 5.74) is 1.25. The second-order valence-corrected chi connectivity index (χ2v) is 9.53. The van der Waals surface area contributed by atoms with Gasteiger partial charge in [-0.25, -0.2) is 13.1 Å². The molecule has 0 aliphatic rings. The minimum Gasteiger partial charge on any atom is -0.305 e. The number of sulfonamides is 1. The number of nitrogens with zero attached hydrogens (tertiary/aromatic N) is 4. The van der Waals surface area contributed by atoms with Crippen LogP contribution in [0.1, 0.15) is 21.6 Å². The minimum atomic E-state index is -4.16. The molecule has 0 bridgehead atoms. The Kier molecular flexibility index (Phi) is 5.88. The highest BCUT2D eigenvalue weighted by molar-refractivity contribution is 7.92. The lowest BCUT2D eigenvalue weighted by Crippen LogP contribution is -2.23. The van der Waals surface area contributed by atoms with Gasteiger partial charge in [0.25, 0.3) is 21.5 Å². The average Bonchev–Trinajstić information content (AvgIpc) is 3.30. The van der Waals surface area contributed by atoms with Crippen molar-refractivity contribution in [2.45, 2.75) is 18.7 Å². The van der Waals surface area contributed by atoms with E-state index in [0.29, 0.717) is 22.8 Å². The zero-order valence-corrected chi connectivity index (χ0v) is 19.9. The second kappa shape index (κ2) is 8.67. The zero-order chi connectivity index (χ0) is 24.6. The Morgan fingerprint density at radius 2 is 1.71 bits per heavy atom. The molecule has 176 valence electrons. The molecule has 4 rings (SSSR count). The van der Waals surface area contributed by atoms with Gasteiger partial charge in [-0.05, 0) is 43.7 Å². The quantitative estimate of drug-likeness (QED) is 0.440. The number of benzene rings is 2. The number of aromatic nitrogens is 4. The van der Waals surface area contributed by atoms with Crippen LogP contribution in [0.25, 0.3) is 5.69 Å². The Labute approximate surface area is 196 Å². The molecule has 0 spiro atoms. The number of carbonyl (C=O) groups is 1. The van der Waals surface area contributed by atoms with Crippen molar-refractivity contribution in [3.63, 3.8) is 0 Å². The average molecular weight is 481 g/mol. The van der Waals surface area contributed by atoms with Gasteiger partial charge in [0.2, 0.25) is 0 Å². The molecular weight excluding hydrogens is 456 g/mol. The molecule has 11 heteroatoms. The molecule has 0 aliphatic carbocycles. The summed E-state index contributed by atoms with van der Waals surface area (Å²) in [4.78, 5) is 25.7. The normalized spacial score (nSPS) is 11.4. The van der Waals surface area contributed by atoms with Gasteiger partial charge in [0.1, 0.15) is 5.69 Å². The smallest absolute Gasteiger partial charge is 0.296 e. The third-order valence-corrected chi connectivity index (χ3v) is 6.86. The van der Waals surface area contributed by atoms with Crippen molar-refractivity contribution >= 4 is 27.4 Å². The van der Waals surface area contributed by atoms with Crippen LogP contribution in [0.3, 0.4) is 0 Å². The van der Waals surface area contributed by atoms with E-state index in [0.717, 1.165) is 0 Å². The van der Waals surface area contributed by atoms with E-state index < -0.39 is 21.5 Å². The molecule has 0 atom stereocenters. The van der Waals surface area contributed by atoms with Crippen LogP contribution < -0.4 is 15.6 Å². The molecule has 4 aromatic rings. The summed E-state index contributed by atoms with van der Waals surface area (Å²) < 4.78 is 33.3. The van der Waals surface area contributed by atoms with E-state index in [9.17, 15) is 18.0 Å². The maximum atomic E-state index is 13.2. The van der Waals surface area contributed by atoms with E-state index in [1.807, 2.05) is 6.07 Å². The maximum absolute atomic E-state index is 13.2. The summed E-state index contributed by atoms with van der Waals surface area (Å²) in [5.74, 6) is -0.143. The number of nitrogens with one attached hydrogen (secondary N) is 2. The molecule has 0 unspecified atom stereocenters. The summed E-state index contributed by atoms with van der Waals surface area (Å²) in [6.45, 7) is 3.36. The van der Waals surface area contributed by atoms with Crippen molar-refractivity contribution in [1.82, 2.24) is 19.1 Å². The van der Waals surface area contributed by atoms with Gasteiger partial charge in [-0.1, -0.05) is 24.3 Å². The Balaban J connectivity index is 1.68. The third kappa shape index (κ3) is 4.25. The van der Waals surface area contributed by atoms with Crippen LogP contribution in [0.2, 0.25) is 0 Å². The monoisotopic (exact) mass is 480 g/mol. The maximum Gasteiger partial charge on any atom is 0.296 e. The fourth-order valence-electron chi connectivity index (χ4n) is 3.56. The first-order valence-corrected chi connectivity index (χ1v) is 11.9. The van der Waals surface area contributed by atoms with Crippen molar-refractivity contribution in [1.29, 1.82) is 0 Å². The molecule has 0 saturated carbocycles. The topological polar surface area (TPSA) is 120 Å². The highest BCUT2D eigenvalue weighted by Crippen LogP contribution is 2.21. The fraction of sp³-hybridized carbons (Fsp3) is 0.174. The van der Waals surface area contributed by atoms with E-state index >= 15 is 0 Å². The van der Waals surface area contributed by atoms with Gasteiger partial charge < -0.3 is 5.32 Å². The first-order chi connectivity index (χ1) is 16.1. The summed E-state index contributed by atoms with van der Waals surface area (Å²) in [6, 6.07) is 14.8. The Morgan fingerprint density at radius 1 is 1.00 bits per heavy atom. The van der Waals surface area contributed by atoms with Gasteiger partial charge in [-0.2, -0.15) is 5.10 Å². The summed E-state index contributed by atoms with van der Waals surface area (Å²) in [6.07, 6.45) is 1.68. The summed E-state index contributed by atoms with van der Waals surface area (Å²) in [5, 5.41) is 6.76. The Hall–Kier alpha value is -4.12. The number of hydrogen-bond acceptors (Lipinski definition) is 5. The van der Waals surface area contributed by atoms with Crippen molar-refractivity contribution in [2.24, 2.45) is 14.1 Å². The van der Waals surface area contributed by atoms with E-state index in [1.54, 1.807) is 75.2 Å². The van der Waals surface area contributed by atoms with Gasteiger partial charge in [-0.15, -0.1) is 0 Å². The molecule has 2 heterocycles. The van der Waals surface area contributed by atoms with Crippen LogP contribution in [-0.2, 0) is 24.1 Å². The van der Waals surface area contributed by atoms with E-state index in [4.69, 9.17) is 0 Å². The number of para-hydroxylation sites is 1. The van der Waals surface area contributed by atoms with E-state index in [2.05, 4.69) is 15.1 Å². The first-order valence-electron chi connectivity index (χ1n) is 10.4. The predicted molar refractivity (Wildman–Crippen MR) is 129 cm³/mol. The van der Waals surface area contributed by atoms with Gasteiger partial charge in [-0.3, -0.25) is 23.7 Å². The Morgan fingerprint density at radius 3 is 2.35 bits per heavy atom. The number of amides is 1. The van der Waals surface area contributed by atoms with E-state index in [-0.39, 0.29) is 16.1 Å². The molecule has 0 aliphatic heterocycles. The highest BCUT2D eigenvalue weighted by atomic mass is 32.2. The van der Waals surface area contributed by atoms with Crippen LogP contribution >= 0.6 is 0 Å². The van der Waals surface area contributed by atoms with Crippen LogP contribution in [0.5, 0.6) is 0 Å². The van der Waals surface area contributed by atoms with E-state index in [1.165, 1.54) is 21.5 Å². The summed E-state index contributed by atoms with van der Waals surface area (Å²) >= 11 is 0. The molecule has 0 fully saturated rings. The van der Waals surface area contributed by atoms with Gasteiger partial charge in [0, 0.05) is 31.9 Å². The first kappa shape index (κ1) is 23.1. The molecule has 2 aromatic carbocycles. The van der Waals surface area contributed by atoms with Crippen LogP contribution in [0.15, 0.2) is 70.5 Å². The molecule has 2 aromatic heterocycles. The van der Waals surface area contributed by atoms with Crippen molar-refractivity contribution < 1.29 is 13.2 Å². The number of hydrogen-bond donors (Lipinski definition) is 2. The van der Waals surface area contributed by atoms with Crippen molar-refractivity contribution in [3.05, 3.63) is 88.0 Å². The molecule has 2 N–H and O–H groups in total. The predicted octanol–water partition coefficient (Wildman–Crippen LogP) is 2.58. The lowest BCUT2D eigenvalue weighted by molar-refractivity contribution is 0.102. The molecule has 10 nitrogen and oxygen atoms in total. The fourth-order valence-corrected chi connectivity index (χ4v) is 4.70. The number of aryl methyl sites for hydroxylation is 2. The number of anilines is 2. The number of carbonyl (C=O) groups excluding carboxylic acids is 1. The second-order valence-electron chi connectivity index (χ2n) is 7.85. The van der Waals surface area contributed by atoms with Crippen LogP contribution in [-0.4, -0.2) is 33.5 Å². The molecule has 34 heavy (non-hydrogen) atoms. The van der Waals surface area contributed by atoms with Crippen LogP contribution in [0.4, 0.5) is 11.5 Å². The lowest BCUT2D eigenvalue weighted by atomic mass is 10.1. The molecule has 0 radical (unpaired) electrons. The highest BCUT2D eigenvalue weighted by Gasteiger charge is 2.24. The SMILES string of the molecule is Cc1ccc(S(=O)(=O)Nc2c(C)n(C)n(-c3ccccc3)c2=O)cc1C(=O)Nc1ccn(C)n1. The van der Waals surface area contributed by atoms with Crippen molar-refractivity contribution in [2.75, 3.05) is 10.0 Å². The van der Waals surface area contributed by atoms with Crippen LogP contribution in [0, 0.1) is 13.8 Å². The largest absolute Gasteiger partial charge is 0.305 e. The number of rotatable bonds is 6. The summed E-state index contributed by atoms with van der Waals surface area (Å²) in [7, 11) is -0.768.